The van der Waals surface area contributed by atoms with Crippen molar-refractivity contribution in [3.63, 3.8) is 0 Å². The number of hydrogen-bond acceptors (Lipinski definition) is 11. The molecule has 2 aliphatic heterocycles. The Bertz CT molecular complexity index is 1860. The number of carbonyl (C=O) groups excluding carboxylic acids is 8. The van der Waals surface area contributed by atoms with Crippen molar-refractivity contribution >= 4 is 47.2 Å². The monoisotopic (exact) mass is 926 g/mol. The minimum Gasteiger partial charge on any atom is -0.458 e. The van der Waals surface area contributed by atoms with Crippen molar-refractivity contribution in [3.05, 3.63) is 35.4 Å². The van der Waals surface area contributed by atoms with E-state index in [2.05, 4.69) is 26.6 Å². The van der Waals surface area contributed by atoms with Gasteiger partial charge >= 0.3 is 5.97 Å². The van der Waals surface area contributed by atoms with Crippen LogP contribution < -0.4 is 26.6 Å². The standard InChI is InChI=1S/C49H79N7O10/c1-14-30(9)41-38(57)25-39(58)52-40(28(6)7)43(59)31(10)44(60)51-35(23-27(4)5)47(63)56-21-15-16-36(56)48(64)55(13)37(24-33-19-17-29(8)18-20-33)49(65)66-32(11)42(46(62)53-41)54-45(61)34(50-12)22-26(2)3/h17-20,26-28,30-32,34-38,40-42,50,57H,14-16,21-25H2,1-13H3,(H,51,60)(H,52,58)(H,53,62)(H,54,61). The van der Waals surface area contributed by atoms with E-state index in [1.165, 1.54) is 30.7 Å². The summed E-state index contributed by atoms with van der Waals surface area (Å²) in [6.07, 6.45) is -1.50. The second-order valence-corrected chi connectivity index (χ2v) is 19.7. The van der Waals surface area contributed by atoms with Gasteiger partial charge in [0.15, 0.2) is 5.78 Å². The number of fused-ring (bicyclic) bond motifs is 1. The molecule has 2 fully saturated rings. The van der Waals surface area contributed by atoms with Gasteiger partial charge in [0.25, 0.3) is 0 Å². The minimum atomic E-state index is -1.50. The SMILES string of the molecule is CCC(C)C1NC(=O)C(NC(=O)C(CC(C)C)NC)C(C)OC(=O)C(Cc2ccc(C)cc2)N(C)C(=O)C2CCCN2C(=O)C(CC(C)C)NC(=O)C(C)C(=O)C(C(C)C)NC(=O)CC1O. The van der Waals surface area contributed by atoms with Crippen molar-refractivity contribution in [2.24, 2.45) is 29.6 Å². The lowest BCUT2D eigenvalue weighted by molar-refractivity contribution is -0.162. The van der Waals surface area contributed by atoms with Crippen LogP contribution in [-0.4, -0.2) is 137 Å². The van der Waals surface area contributed by atoms with E-state index >= 15 is 0 Å². The van der Waals surface area contributed by atoms with Gasteiger partial charge in [-0.1, -0.05) is 91.6 Å². The number of ether oxygens (including phenoxy) is 1. The first kappa shape index (κ1) is 55.4. The smallest absolute Gasteiger partial charge is 0.329 e. The Labute approximate surface area is 392 Å². The molecule has 6 N–H and O–H groups in total. The van der Waals surface area contributed by atoms with Crippen molar-refractivity contribution in [3.8, 4) is 0 Å². The van der Waals surface area contributed by atoms with Crippen LogP contribution in [0.25, 0.3) is 0 Å². The summed E-state index contributed by atoms with van der Waals surface area (Å²) in [7, 11) is 3.08. The number of Topliss-reactive ketones (excluding diaryl/α,β-unsaturated/α-hetero) is 1. The first-order valence-electron chi connectivity index (χ1n) is 23.8. The van der Waals surface area contributed by atoms with E-state index in [4.69, 9.17) is 4.74 Å². The van der Waals surface area contributed by atoms with Crippen LogP contribution in [0.15, 0.2) is 24.3 Å². The molecule has 0 saturated carbocycles. The van der Waals surface area contributed by atoms with E-state index in [1.807, 2.05) is 65.8 Å². The molecule has 6 amide bonds. The lowest BCUT2D eigenvalue weighted by atomic mass is 9.89. The average Bonchev–Trinajstić information content (AvgIpc) is 3.75. The quantitative estimate of drug-likeness (QED) is 0.132. The first-order chi connectivity index (χ1) is 30.9. The molecule has 17 nitrogen and oxygen atoms in total. The molecule has 11 unspecified atom stereocenters. The first-order valence-corrected chi connectivity index (χ1v) is 23.8. The van der Waals surface area contributed by atoms with Crippen LogP contribution in [0.5, 0.6) is 0 Å². The second kappa shape index (κ2) is 25.3. The van der Waals surface area contributed by atoms with Crippen LogP contribution in [0.1, 0.15) is 119 Å². The maximum atomic E-state index is 14.7. The average molecular weight is 926 g/mol. The highest BCUT2D eigenvalue weighted by molar-refractivity contribution is 6.06. The predicted octanol–water partition coefficient (Wildman–Crippen LogP) is 2.58. The third-order valence-corrected chi connectivity index (χ3v) is 13.0. The number of hydrogen-bond donors (Lipinski definition) is 6. The van der Waals surface area contributed by atoms with Gasteiger partial charge in [-0.15, -0.1) is 0 Å². The number of nitrogens with zero attached hydrogens (tertiary/aromatic N) is 2. The molecular formula is C49H79N7O10. The van der Waals surface area contributed by atoms with Gasteiger partial charge < -0.3 is 46.2 Å². The molecule has 0 radical (unpaired) electrons. The molecule has 2 aliphatic rings. The van der Waals surface area contributed by atoms with Crippen LogP contribution >= 0.6 is 0 Å². The summed E-state index contributed by atoms with van der Waals surface area (Å²) < 4.78 is 6.09. The molecule has 3 rings (SSSR count). The van der Waals surface area contributed by atoms with Crippen LogP contribution in [0.4, 0.5) is 0 Å². The van der Waals surface area contributed by atoms with E-state index in [1.54, 1.807) is 27.8 Å². The highest BCUT2D eigenvalue weighted by Crippen LogP contribution is 2.25. The summed E-state index contributed by atoms with van der Waals surface area (Å²) in [5.74, 6) is -7.44. The van der Waals surface area contributed by atoms with Crippen molar-refractivity contribution in [2.45, 2.75) is 176 Å². The maximum absolute atomic E-state index is 14.7. The number of cyclic esters (lactones) is 1. The zero-order valence-electron chi connectivity index (χ0n) is 41.6. The molecule has 2 heterocycles. The zero-order chi connectivity index (χ0) is 49.7. The molecule has 11 atom stereocenters. The summed E-state index contributed by atoms with van der Waals surface area (Å²) >= 11 is 0. The van der Waals surface area contributed by atoms with Crippen LogP contribution in [0.2, 0.25) is 0 Å². The number of amides is 6. The van der Waals surface area contributed by atoms with Gasteiger partial charge in [0.1, 0.15) is 30.3 Å². The minimum absolute atomic E-state index is 0.00778. The largest absolute Gasteiger partial charge is 0.458 e. The molecule has 1 aromatic rings. The fourth-order valence-corrected chi connectivity index (χ4v) is 8.64. The van der Waals surface area contributed by atoms with Crippen LogP contribution in [-0.2, 0) is 49.5 Å². The van der Waals surface area contributed by atoms with Crippen molar-refractivity contribution < 1.29 is 48.2 Å². The number of aliphatic hydroxyl groups excluding tert-OH is 1. The van der Waals surface area contributed by atoms with Crippen molar-refractivity contribution in [1.82, 2.24) is 36.4 Å². The number of rotatable bonds is 12. The normalized spacial score (nSPS) is 28.1. The van der Waals surface area contributed by atoms with Crippen LogP contribution in [0.3, 0.4) is 0 Å². The van der Waals surface area contributed by atoms with E-state index in [0.717, 1.165) is 5.56 Å². The molecule has 17 heteroatoms. The molecule has 66 heavy (non-hydrogen) atoms. The highest BCUT2D eigenvalue weighted by atomic mass is 16.5. The van der Waals surface area contributed by atoms with Crippen LogP contribution in [0, 0.1) is 36.5 Å². The third-order valence-electron chi connectivity index (χ3n) is 13.0. The topological polar surface area (TPSA) is 233 Å². The fourth-order valence-electron chi connectivity index (χ4n) is 8.64. The Morgan fingerprint density at radius 1 is 0.894 bits per heavy atom. The molecule has 0 aromatic heterocycles. The molecule has 2 saturated heterocycles. The fraction of sp³-hybridized carbons (Fsp3) is 0.714. The number of nitrogens with one attached hydrogen (secondary N) is 5. The van der Waals surface area contributed by atoms with E-state index in [9.17, 15) is 43.5 Å². The number of esters is 1. The van der Waals surface area contributed by atoms with Gasteiger partial charge in [-0.2, -0.15) is 0 Å². The van der Waals surface area contributed by atoms with Crippen molar-refractivity contribution in [2.75, 3.05) is 20.6 Å². The van der Waals surface area contributed by atoms with E-state index < -0.39 is 126 Å². The second-order valence-electron chi connectivity index (χ2n) is 19.7. The predicted molar refractivity (Wildman–Crippen MR) is 250 cm³/mol. The number of ketones is 1. The zero-order valence-corrected chi connectivity index (χ0v) is 41.6. The van der Waals surface area contributed by atoms with Gasteiger partial charge in [-0.05, 0) is 82.7 Å². The third kappa shape index (κ3) is 15.1. The summed E-state index contributed by atoms with van der Waals surface area (Å²) in [6, 6.07) is -0.362. The lowest BCUT2D eigenvalue weighted by Crippen LogP contribution is -2.61. The maximum Gasteiger partial charge on any atom is 0.329 e. The Morgan fingerprint density at radius 3 is 2.09 bits per heavy atom. The summed E-state index contributed by atoms with van der Waals surface area (Å²) in [4.78, 5) is 116. The Hall–Kier alpha value is -4.90. The van der Waals surface area contributed by atoms with E-state index in [0.29, 0.717) is 24.8 Å². The number of carbonyl (C=O) groups is 8. The van der Waals surface area contributed by atoms with Crippen molar-refractivity contribution in [1.29, 1.82) is 0 Å². The number of likely N-dealkylation sites (N-methyl/N-ethyl adjacent to an activating group) is 2. The molecule has 1 aromatic carbocycles. The number of aliphatic hydroxyl groups is 1. The Kier molecular flexibility index (Phi) is 21.2. The summed E-state index contributed by atoms with van der Waals surface area (Å²) in [5, 5.41) is 25.7. The van der Waals surface area contributed by atoms with Gasteiger partial charge in [0, 0.05) is 20.0 Å². The molecular weight excluding hydrogens is 847 g/mol. The summed E-state index contributed by atoms with van der Waals surface area (Å²) in [5.41, 5.74) is 1.68. The number of aryl methyl sites for hydroxylation is 1. The van der Waals surface area contributed by atoms with E-state index in [-0.39, 0.29) is 37.6 Å². The van der Waals surface area contributed by atoms with Gasteiger partial charge in [0.2, 0.25) is 35.4 Å². The lowest BCUT2D eigenvalue weighted by Gasteiger charge is -2.35. The summed E-state index contributed by atoms with van der Waals surface area (Å²) in [6.45, 7) is 19.7. The molecule has 0 bridgehead atoms. The highest BCUT2D eigenvalue weighted by Gasteiger charge is 2.44. The Balaban J connectivity index is 2.23. The molecule has 370 valence electrons. The van der Waals surface area contributed by atoms with Gasteiger partial charge in [0.05, 0.1) is 36.6 Å². The van der Waals surface area contributed by atoms with Gasteiger partial charge in [-0.3, -0.25) is 33.6 Å². The van der Waals surface area contributed by atoms with Gasteiger partial charge in [-0.25, -0.2) is 4.79 Å². The molecule has 0 aliphatic carbocycles. The molecule has 0 spiro atoms. The Morgan fingerprint density at radius 2 is 1.53 bits per heavy atom. The number of benzene rings is 1.